The predicted octanol–water partition coefficient (Wildman–Crippen LogP) is 2.16. The number of benzene rings is 1. The quantitative estimate of drug-likeness (QED) is 0.860. The average Bonchev–Trinajstić information content (AvgIpc) is 2.27. The number of carbonyl (C=O) groups is 1. The fraction of sp³-hybridized carbons (Fsp3) is 0.500. The molecule has 100 valence electrons. The number of hydrogen-bond acceptors (Lipinski definition) is 2. The molecule has 0 saturated heterocycles. The van der Waals surface area contributed by atoms with Crippen LogP contribution >= 0.6 is 0 Å². The monoisotopic (exact) mass is 250 g/mol. The Kier molecular flexibility index (Phi) is 4.73. The molecule has 2 N–H and O–H groups in total. The Labute approximate surface area is 109 Å². The summed E-state index contributed by atoms with van der Waals surface area (Å²) in [7, 11) is 1.67. The van der Waals surface area contributed by atoms with Gasteiger partial charge in [0.1, 0.15) is 0 Å². The molecular formula is C14H22N2O2. The van der Waals surface area contributed by atoms with Gasteiger partial charge in [0.25, 0.3) is 0 Å². The van der Waals surface area contributed by atoms with Crippen molar-refractivity contribution in [1.82, 2.24) is 10.2 Å². The van der Waals surface area contributed by atoms with Crippen molar-refractivity contribution in [2.75, 3.05) is 13.6 Å². The number of rotatable bonds is 4. The van der Waals surface area contributed by atoms with E-state index in [9.17, 15) is 9.90 Å². The Morgan fingerprint density at radius 3 is 2.44 bits per heavy atom. The second-order valence-corrected chi connectivity index (χ2v) is 5.25. The van der Waals surface area contributed by atoms with Gasteiger partial charge in [-0.3, -0.25) is 0 Å². The number of carbonyl (C=O) groups excluding carboxylic acids is 1. The van der Waals surface area contributed by atoms with Crippen LogP contribution in [-0.4, -0.2) is 35.2 Å². The maximum Gasteiger partial charge on any atom is 0.317 e. The van der Waals surface area contributed by atoms with Crippen LogP contribution in [0.5, 0.6) is 0 Å². The van der Waals surface area contributed by atoms with E-state index in [2.05, 4.69) is 5.32 Å². The highest BCUT2D eigenvalue weighted by atomic mass is 16.3. The topological polar surface area (TPSA) is 52.6 Å². The number of hydrogen-bond donors (Lipinski definition) is 2. The first-order valence-corrected chi connectivity index (χ1v) is 6.08. The summed E-state index contributed by atoms with van der Waals surface area (Å²) in [6.45, 7) is 5.58. The largest absolute Gasteiger partial charge is 0.389 e. The van der Waals surface area contributed by atoms with E-state index in [1.807, 2.05) is 37.3 Å². The zero-order valence-electron chi connectivity index (χ0n) is 11.5. The molecule has 0 spiro atoms. The number of nitrogens with zero attached hydrogens (tertiary/aromatic N) is 1. The molecule has 4 nitrogen and oxygen atoms in total. The van der Waals surface area contributed by atoms with Crippen LogP contribution in [0, 0.1) is 0 Å². The summed E-state index contributed by atoms with van der Waals surface area (Å²) >= 11 is 0. The highest BCUT2D eigenvalue weighted by molar-refractivity contribution is 5.74. The summed E-state index contributed by atoms with van der Waals surface area (Å²) in [5.41, 5.74) is 0.171. The summed E-state index contributed by atoms with van der Waals surface area (Å²) in [6, 6.07) is 9.54. The number of nitrogens with one attached hydrogen (secondary N) is 1. The molecule has 0 saturated carbocycles. The zero-order valence-corrected chi connectivity index (χ0v) is 11.5. The van der Waals surface area contributed by atoms with Gasteiger partial charge in [-0.05, 0) is 26.3 Å². The van der Waals surface area contributed by atoms with Gasteiger partial charge in [0.2, 0.25) is 0 Å². The van der Waals surface area contributed by atoms with Crippen molar-refractivity contribution in [1.29, 1.82) is 0 Å². The zero-order chi connectivity index (χ0) is 13.8. The van der Waals surface area contributed by atoms with Gasteiger partial charge in [0, 0.05) is 7.05 Å². The van der Waals surface area contributed by atoms with Crippen LogP contribution in [0.2, 0.25) is 0 Å². The molecule has 18 heavy (non-hydrogen) atoms. The van der Waals surface area contributed by atoms with E-state index in [4.69, 9.17) is 0 Å². The van der Waals surface area contributed by atoms with Gasteiger partial charge in [-0.2, -0.15) is 0 Å². The minimum Gasteiger partial charge on any atom is -0.389 e. The fourth-order valence-electron chi connectivity index (χ4n) is 1.77. The number of aliphatic hydroxyl groups is 1. The first-order chi connectivity index (χ1) is 8.29. The molecule has 4 heteroatoms. The van der Waals surface area contributed by atoms with Crippen molar-refractivity contribution >= 4 is 6.03 Å². The Morgan fingerprint density at radius 1 is 1.39 bits per heavy atom. The Bertz CT molecular complexity index is 385. The lowest BCUT2D eigenvalue weighted by Crippen LogP contribution is -2.45. The van der Waals surface area contributed by atoms with Gasteiger partial charge in [0.05, 0.1) is 18.2 Å². The smallest absolute Gasteiger partial charge is 0.317 e. The number of urea groups is 1. The lowest BCUT2D eigenvalue weighted by atomic mass is 10.1. The van der Waals surface area contributed by atoms with E-state index in [1.165, 1.54) is 4.90 Å². The molecule has 1 rings (SSSR count). The van der Waals surface area contributed by atoms with Crippen LogP contribution in [0.1, 0.15) is 32.4 Å². The van der Waals surface area contributed by atoms with Crippen molar-refractivity contribution in [2.24, 2.45) is 0 Å². The minimum absolute atomic E-state index is 0.0528. The van der Waals surface area contributed by atoms with Crippen LogP contribution in [0.4, 0.5) is 4.79 Å². The lowest BCUT2D eigenvalue weighted by Gasteiger charge is -2.27. The summed E-state index contributed by atoms with van der Waals surface area (Å²) in [4.78, 5) is 13.4. The molecule has 0 radical (unpaired) electrons. The first-order valence-electron chi connectivity index (χ1n) is 6.08. The molecule has 1 unspecified atom stereocenters. The summed E-state index contributed by atoms with van der Waals surface area (Å²) < 4.78 is 0. The van der Waals surface area contributed by atoms with Crippen LogP contribution in [0.3, 0.4) is 0 Å². The van der Waals surface area contributed by atoms with Crippen molar-refractivity contribution in [2.45, 2.75) is 32.4 Å². The van der Waals surface area contributed by atoms with Crippen molar-refractivity contribution in [3.05, 3.63) is 35.9 Å². The van der Waals surface area contributed by atoms with Crippen molar-refractivity contribution in [3.8, 4) is 0 Å². The lowest BCUT2D eigenvalue weighted by molar-refractivity contribution is 0.0528. The standard InChI is InChI=1S/C14H22N2O2/c1-11(12-8-6-5-7-9-12)15-13(17)16(4)10-14(2,3)18/h5-9,11,18H,10H2,1-4H3,(H,15,17). The fourth-order valence-corrected chi connectivity index (χ4v) is 1.77. The molecular weight excluding hydrogens is 228 g/mol. The number of amides is 2. The third kappa shape index (κ3) is 4.75. The maximum atomic E-state index is 11.9. The third-order valence-electron chi connectivity index (χ3n) is 2.61. The van der Waals surface area contributed by atoms with Crippen LogP contribution in [0.15, 0.2) is 30.3 Å². The Hall–Kier alpha value is -1.55. The predicted molar refractivity (Wildman–Crippen MR) is 72.3 cm³/mol. The molecule has 0 aliphatic rings. The highest BCUT2D eigenvalue weighted by Gasteiger charge is 2.20. The average molecular weight is 250 g/mol. The van der Waals surface area contributed by atoms with Gasteiger partial charge in [-0.15, -0.1) is 0 Å². The van der Waals surface area contributed by atoms with E-state index in [0.29, 0.717) is 6.54 Å². The second-order valence-electron chi connectivity index (χ2n) is 5.25. The first kappa shape index (κ1) is 14.5. The molecule has 1 aromatic rings. The molecule has 0 bridgehead atoms. The van der Waals surface area contributed by atoms with Crippen LogP contribution in [-0.2, 0) is 0 Å². The van der Waals surface area contributed by atoms with Gasteiger partial charge in [0.15, 0.2) is 0 Å². The summed E-state index contributed by atoms with van der Waals surface area (Å²) in [5.74, 6) is 0. The molecule has 0 heterocycles. The third-order valence-corrected chi connectivity index (χ3v) is 2.61. The normalized spacial score (nSPS) is 12.9. The SMILES string of the molecule is CC(NC(=O)N(C)CC(C)(C)O)c1ccccc1. The summed E-state index contributed by atoms with van der Waals surface area (Å²) in [6.07, 6.45) is 0. The molecule has 1 atom stereocenters. The van der Waals surface area contributed by atoms with E-state index < -0.39 is 5.60 Å². The van der Waals surface area contributed by atoms with Gasteiger partial charge < -0.3 is 15.3 Å². The molecule has 2 amide bonds. The van der Waals surface area contributed by atoms with Gasteiger partial charge in [-0.1, -0.05) is 30.3 Å². The number of likely N-dealkylation sites (N-methyl/N-ethyl adjacent to an activating group) is 1. The van der Waals surface area contributed by atoms with E-state index in [1.54, 1.807) is 20.9 Å². The Balaban J connectivity index is 2.55. The Morgan fingerprint density at radius 2 is 1.94 bits per heavy atom. The molecule has 0 aliphatic carbocycles. The van der Waals surface area contributed by atoms with Crippen molar-refractivity contribution < 1.29 is 9.90 Å². The van der Waals surface area contributed by atoms with Gasteiger partial charge >= 0.3 is 6.03 Å². The maximum absolute atomic E-state index is 11.9. The summed E-state index contributed by atoms with van der Waals surface area (Å²) in [5, 5.41) is 12.6. The van der Waals surface area contributed by atoms with E-state index >= 15 is 0 Å². The van der Waals surface area contributed by atoms with Crippen LogP contribution in [0.25, 0.3) is 0 Å². The molecule has 0 aromatic heterocycles. The van der Waals surface area contributed by atoms with E-state index in [0.717, 1.165) is 5.56 Å². The minimum atomic E-state index is -0.887. The highest BCUT2D eigenvalue weighted by Crippen LogP contribution is 2.12. The van der Waals surface area contributed by atoms with E-state index in [-0.39, 0.29) is 12.1 Å². The van der Waals surface area contributed by atoms with Crippen LogP contribution < -0.4 is 5.32 Å². The molecule has 1 aromatic carbocycles. The second kappa shape index (κ2) is 5.87. The van der Waals surface area contributed by atoms with Gasteiger partial charge in [-0.25, -0.2) is 4.79 Å². The van der Waals surface area contributed by atoms with Crippen molar-refractivity contribution in [3.63, 3.8) is 0 Å². The molecule has 0 fully saturated rings. The molecule has 0 aliphatic heterocycles.